The lowest BCUT2D eigenvalue weighted by molar-refractivity contribution is 0.0965. The van der Waals surface area contributed by atoms with Crippen molar-refractivity contribution in [3.05, 3.63) is 47.0 Å². The Labute approximate surface area is 101 Å². The van der Waals surface area contributed by atoms with Crippen LogP contribution in [0.25, 0.3) is 10.8 Å². The summed E-state index contributed by atoms with van der Waals surface area (Å²) in [7, 11) is 0. The Bertz CT molecular complexity index is 610. The summed E-state index contributed by atoms with van der Waals surface area (Å²) in [4.78, 5) is 12.4. The number of aryl methyl sites for hydroxylation is 1. The molecule has 1 aliphatic rings. The second kappa shape index (κ2) is 3.69. The van der Waals surface area contributed by atoms with E-state index in [1.54, 1.807) is 0 Å². The van der Waals surface area contributed by atoms with E-state index >= 15 is 0 Å². The Hall–Kier alpha value is -1.63. The van der Waals surface area contributed by atoms with Gasteiger partial charge in [0, 0.05) is 11.5 Å². The van der Waals surface area contributed by atoms with E-state index in [1.807, 2.05) is 12.1 Å². The van der Waals surface area contributed by atoms with Gasteiger partial charge in [-0.15, -0.1) is 0 Å². The molecule has 0 spiro atoms. The minimum absolute atomic E-state index is 0.0889. The third-order valence-corrected chi connectivity index (χ3v) is 3.90. The van der Waals surface area contributed by atoms with Gasteiger partial charge in [-0.3, -0.25) is 4.79 Å². The van der Waals surface area contributed by atoms with Gasteiger partial charge in [0.1, 0.15) is 0 Å². The van der Waals surface area contributed by atoms with Gasteiger partial charge in [0.25, 0.3) is 0 Å². The fourth-order valence-corrected chi connectivity index (χ4v) is 3.07. The van der Waals surface area contributed by atoms with E-state index in [1.165, 1.54) is 21.9 Å². The highest BCUT2D eigenvalue weighted by Crippen LogP contribution is 2.41. The third kappa shape index (κ3) is 1.28. The number of ketones is 1. The summed E-state index contributed by atoms with van der Waals surface area (Å²) in [6.07, 6.45) is 1.91. The summed E-state index contributed by atoms with van der Waals surface area (Å²) in [5.41, 5.74) is 3.57. The maximum atomic E-state index is 12.4. The molecule has 0 aromatic heterocycles. The Kier molecular flexibility index (Phi) is 2.29. The van der Waals surface area contributed by atoms with Gasteiger partial charge < -0.3 is 0 Å². The van der Waals surface area contributed by atoms with E-state index in [0.717, 1.165) is 18.4 Å². The number of benzene rings is 2. The van der Waals surface area contributed by atoms with Crippen LogP contribution in [0.5, 0.6) is 0 Å². The van der Waals surface area contributed by atoms with Gasteiger partial charge in [0.2, 0.25) is 0 Å². The minimum Gasteiger partial charge on any atom is -0.293 e. The summed E-state index contributed by atoms with van der Waals surface area (Å²) < 4.78 is 0. The quantitative estimate of drug-likeness (QED) is 0.750. The van der Waals surface area contributed by atoms with Crippen LogP contribution in [-0.2, 0) is 6.42 Å². The average Bonchev–Trinajstić information content (AvgIpc) is 2.66. The molecule has 0 saturated heterocycles. The largest absolute Gasteiger partial charge is 0.293 e. The van der Waals surface area contributed by atoms with Gasteiger partial charge in [0.05, 0.1) is 0 Å². The lowest BCUT2D eigenvalue weighted by Gasteiger charge is -2.12. The van der Waals surface area contributed by atoms with E-state index in [0.29, 0.717) is 5.78 Å². The molecule has 2 aromatic carbocycles. The van der Waals surface area contributed by atoms with Crippen molar-refractivity contribution in [3.8, 4) is 0 Å². The highest BCUT2D eigenvalue weighted by atomic mass is 16.1. The molecule has 0 aliphatic heterocycles. The minimum atomic E-state index is 0.0889. The van der Waals surface area contributed by atoms with Crippen LogP contribution in [0.4, 0.5) is 0 Å². The molecule has 0 bridgehead atoms. The Morgan fingerprint density at radius 2 is 1.94 bits per heavy atom. The summed E-state index contributed by atoms with van der Waals surface area (Å²) in [6.45, 7) is 4.27. The highest BCUT2D eigenvalue weighted by Gasteiger charge is 2.32. The average molecular weight is 224 g/mol. The van der Waals surface area contributed by atoms with Crippen LogP contribution in [0.15, 0.2) is 30.3 Å². The standard InChI is InChI=1S/C16H16O/c1-3-10-8-9-11-6-5-7-13-15(11)14(10)12(4-2)16(13)17/h5-9,12H,3-4H2,1-2H3. The first-order valence-electron chi connectivity index (χ1n) is 6.36. The molecule has 0 N–H and O–H groups in total. The number of hydrogen-bond acceptors (Lipinski definition) is 1. The van der Waals surface area contributed by atoms with Gasteiger partial charge in [-0.25, -0.2) is 0 Å². The molecule has 1 unspecified atom stereocenters. The molecule has 17 heavy (non-hydrogen) atoms. The van der Waals surface area contributed by atoms with Crippen molar-refractivity contribution in [1.29, 1.82) is 0 Å². The van der Waals surface area contributed by atoms with Crippen LogP contribution < -0.4 is 0 Å². The van der Waals surface area contributed by atoms with E-state index in [9.17, 15) is 4.79 Å². The topological polar surface area (TPSA) is 17.1 Å². The predicted octanol–water partition coefficient (Wildman–Crippen LogP) is 4.09. The van der Waals surface area contributed by atoms with Crippen LogP contribution in [0.2, 0.25) is 0 Å². The molecular formula is C16H16O. The van der Waals surface area contributed by atoms with Crippen LogP contribution in [-0.4, -0.2) is 5.78 Å². The SMILES string of the molecule is CCc1ccc2cccc3c2c1C(CC)C3=O. The van der Waals surface area contributed by atoms with Crippen LogP contribution >= 0.6 is 0 Å². The fraction of sp³-hybridized carbons (Fsp3) is 0.312. The zero-order valence-corrected chi connectivity index (χ0v) is 10.3. The van der Waals surface area contributed by atoms with E-state index in [4.69, 9.17) is 0 Å². The van der Waals surface area contributed by atoms with E-state index < -0.39 is 0 Å². The maximum absolute atomic E-state index is 12.4. The number of rotatable bonds is 2. The molecule has 2 aromatic rings. The molecule has 0 heterocycles. The Morgan fingerprint density at radius 3 is 2.65 bits per heavy atom. The first-order chi connectivity index (χ1) is 8.27. The normalized spacial score (nSPS) is 18.0. The molecule has 86 valence electrons. The van der Waals surface area contributed by atoms with Crippen molar-refractivity contribution >= 4 is 16.6 Å². The molecule has 0 radical (unpaired) electrons. The zero-order chi connectivity index (χ0) is 12.0. The smallest absolute Gasteiger partial charge is 0.170 e. The summed E-state index contributed by atoms with van der Waals surface area (Å²) in [5, 5.41) is 2.42. The second-order valence-corrected chi connectivity index (χ2v) is 4.72. The molecule has 3 rings (SSSR count). The number of hydrogen-bond donors (Lipinski definition) is 0. The van der Waals surface area contributed by atoms with Crippen molar-refractivity contribution in [2.24, 2.45) is 0 Å². The number of carbonyl (C=O) groups excluding carboxylic acids is 1. The van der Waals surface area contributed by atoms with Gasteiger partial charge in [-0.2, -0.15) is 0 Å². The zero-order valence-electron chi connectivity index (χ0n) is 10.3. The van der Waals surface area contributed by atoms with Crippen molar-refractivity contribution in [1.82, 2.24) is 0 Å². The van der Waals surface area contributed by atoms with Crippen molar-refractivity contribution < 1.29 is 4.79 Å². The van der Waals surface area contributed by atoms with Crippen molar-refractivity contribution in [3.63, 3.8) is 0 Å². The monoisotopic (exact) mass is 224 g/mol. The maximum Gasteiger partial charge on any atom is 0.170 e. The van der Waals surface area contributed by atoms with Crippen LogP contribution in [0.1, 0.15) is 47.7 Å². The van der Waals surface area contributed by atoms with Gasteiger partial charge in [-0.05, 0) is 34.7 Å². The number of Topliss-reactive ketones (excluding diaryl/α,β-unsaturated/α-hetero) is 1. The molecule has 1 aliphatic carbocycles. The van der Waals surface area contributed by atoms with Gasteiger partial charge >= 0.3 is 0 Å². The number of carbonyl (C=O) groups is 1. The van der Waals surface area contributed by atoms with Gasteiger partial charge in [-0.1, -0.05) is 44.2 Å². The molecule has 0 saturated carbocycles. The lowest BCUT2D eigenvalue weighted by atomic mass is 9.91. The first-order valence-corrected chi connectivity index (χ1v) is 6.36. The second-order valence-electron chi connectivity index (χ2n) is 4.72. The molecule has 1 heteroatoms. The fourth-order valence-electron chi connectivity index (χ4n) is 3.07. The van der Waals surface area contributed by atoms with E-state index in [2.05, 4.69) is 32.0 Å². The van der Waals surface area contributed by atoms with Crippen molar-refractivity contribution in [2.75, 3.05) is 0 Å². The highest BCUT2D eigenvalue weighted by molar-refractivity contribution is 6.18. The third-order valence-electron chi connectivity index (χ3n) is 3.90. The van der Waals surface area contributed by atoms with Gasteiger partial charge in [0.15, 0.2) is 5.78 Å². The molecule has 1 atom stereocenters. The molecule has 0 fully saturated rings. The van der Waals surface area contributed by atoms with Crippen LogP contribution in [0.3, 0.4) is 0 Å². The Balaban J connectivity index is 2.44. The lowest BCUT2D eigenvalue weighted by Crippen LogP contribution is -2.06. The van der Waals surface area contributed by atoms with Crippen molar-refractivity contribution in [2.45, 2.75) is 32.6 Å². The Morgan fingerprint density at radius 1 is 1.12 bits per heavy atom. The van der Waals surface area contributed by atoms with Crippen LogP contribution in [0, 0.1) is 0 Å². The predicted molar refractivity (Wildman–Crippen MR) is 70.7 cm³/mol. The molecule has 0 amide bonds. The van der Waals surface area contributed by atoms with E-state index in [-0.39, 0.29) is 5.92 Å². The first kappa shape index (κ1) is 10.5. The summed E-state index contributed by atoms with van der Waals surface area (Å²) >= 11 is 0. The molecule has 1 nitrogen and oxygen atoms in total. The summed E-state index contributed by atoms with van der Waals surface area (Å²) in [6, 6.07) is 10.4. The summed E-state index contributed by atoms with van der Waals surface area (Å²) in [5.74, 6) is 0.403. The molecular weight excluding hydrogens is 208 g/mol.